The van der Waals surface area contributed by atoms with Crippen LogP contribution in [-0.4, -0.2) is 35.7 Å². The molecule has 0 saturated carbocycles. The third-order valence-corrected chi connectivity index (χ3v) is 3.09. The summed E-state index contributed by atoms with van der Waals surface area (Å²) < 4.78 is 5.47. The Labute approximate surface area is 87.7 Å². The highest BCUT2D eigenvalue weighted by molar-refractivity contribution is 7.15. The molecule has 0 radical (unpaired) electrons. The van der Waals surface area contributed by atoms with Crippen LogP contribution in [0.3, 0.4) is 0 Å². The van der Waals surface area contributed by atoms with E-state index >= 15 is 0 Å². The van der Waals surface area contributed by atoms with E-state index in [4.69, 9.17) is 10.5 Å². The Bertz CT molecular complexity index is 302. The molecule has 1 fully saturated rings. The van der Waals surface area contributed by atoms with Crippen LogP contribution in [0.2, 0.25) is 0 Å². The number of thiazole rings is 1. The summed E-state index contributed by atoms with van der Waals surface area (Å²) in [5.41, 5.74) is 5.58. The molecule has 1 aromatic heterocycles. The van der Waals surface area contributed by atoms with Crippen molar-refractivity contribution in [2.24, 2.45) is 0 Å². The van der Waals surface area contributed by atoms with E-state index < -0.39 is 0 Å². The predicted octanol–water partition coefficient (Wildman–Crippen LogP) is 0.946. The highest BCUT2D eigenvalue weighted by atomic mass is 32.1. The van der Waals surface area contributed by atoms with Crippen molar-refractivity contribution >= 4 is 16.5 Å². The number of nitrogens with two attached hydrogens (primary N) is 1. The molecule has 14 heavy (non-hydrogen) atoms. The van der Waals surface area contributed by atoms with Gasteiger partial charge in [-0.3, -0.25) is 4.90 Å². The van der Waals surface area contributed by atoms with Gasteiger partial charge in [-0.25, -0.2) is 4.98 Å². The molecule has 2 rings (SSSR count). The number of anilines is 1. The standard InChI is InChI=1S/C9H15N3OS/c1-7-5-12(2-3-13-7)6-8-4-11-9(10)14-8/h4,7H,2-3,5-6H2,1H3,(H2,10,11). The molecular formula is C9H15N3OS. The van der Waals surface area contributed by atoms with E-state index in [1.807, 2.05) is 6.20 Å². The van der Waals surface area contributed by atoms with Gasteiger partial charge in [-0.15, -0.1) is 11.3 Å². The van der Waals surface area contributed by atoms with E-state index in [2.05, 4.69) is 16.8 Å². The normalized spacial score (nSPS) is 23.9. The Hall–Kier alpha value is -0.650. The molecule has 2 N–H and O–H groups in total. The van der Waals surface area contributed by atoms with Gasteiger partial charge in [0.1, 0.15) is 0 Å². The van der Waals surface area contributed by atoms with Crippen LogP contribution in [0.4, 0.5) is 5.13 Å². The molecule has 1 atom stereocenters. The number of hydrogen-bond donors (Lipinski definition) is 1. The Morgan fingerprint density at radius 3 is 3.29 bits per heavy atom. The summed E-state index contributed by atoms with van der Waals surface area (Å²) in [7, 11) is 0. The molecule has 4 nitrogen and oxygen atoms in total. The topological polar surface area (TPSA) is 51.4 Å². The van der Waals surface area contributed by atoms with Crippen molar-refractivity contribution in [3.8, 4) is 0 Å². The molecule has 78 valence electrons. The van der Waals surface area contributed by atoms with Crippen molar-refractivity contribution in [1.82, 2.24) is 9.88 Å². The number of nitrogens with zero attached hydrogens (tertiary/aromatic N) is 2. The molecule has 0 bridgehead atoms. The second-order valence-corrected chi connectivity index (χ2v) is 4.73. The molecular weight excluding hydrogens is 198 g/mol. The average molecular weight is 213 g/mol. The summed E-state index contributed by atoms with van der Waals surface area (Å²) >= 11 is 1.57. The van der Waals surface area contributed by atoms with Crippen molar-refractivity contribution in [2.75, 3.05) is 25.4 Å². The number of hydrogen-bond acceptors (Lipinski definition) is 5. The van der Waals surface area contributed by atoms with Gasteiger partial charge in [-0.1, -0.05) is 0 Å². The fourth-order valence-corrected chi connectivity index (χ4v) is 2.38. The van der Waals surface area contributed by atoms with E-state index in [1.54, 1.807) is 11.3 Å². The number of morpholine rings is 1. The highest BCUT2D eigenvalue weighted by Gasteiger charge is 2.17. The minimum absolute atomic E-state index is 0.342. The summed E-state index contributed by atoms with van der Waals surface area (Å²) in [5.74, 6) is 0. The van der Waals surface area contributed by atoms with Gasteiger partial charge in [0.15, 0.2) is 5.13 Å². The summed E-state index contributed by atoms with van der Waals surface area (Å²) in [6.45, 7) is 5.88. The number of ether oxygens (including phenoxy) is 1. The zero-order valence-corrected chi connectivity index (χ0v) is 9.09. The molecule has 0 aliphatic carbocycles. The van der Waals surface area contributed by atoms with Gasteiger partial charge < -0.3 is 10.5 Å². The third-order valence-electron chi connectivity index (χ3n) is 2.28. The van der Waals surface area contributed by atoms with Gasteiger partial charge in [0, 0.05) is 30.7 Å². The van der Waals surface area contributed by atoms with E-state index in [0.29, 0.717) is 11.2 Å². The first-order valence-corrected chi connectivity index (χ1v) is 5.60. The second kappa shape index (κ2) is 4.25. The maximum absolute atomic E-state index is 5.58. The van der Waals surface area contributed by atoms with Crippen molar-refractivity contribution in [3.05, 3.63) is 11.1 Å². The van der Waals surface area contributed by atoms with Crippen molar-refractivity contribution in [2.45, 2.75) is 19.6 Å². The molecule has 1 unspecified atom stereocenters. The zero-order valence-electron chi connectivity index (χ0n) is 8.27. The number of rotatable bonds is 2. The highest BCUT2D eigenvalue weighted by Crippen LogP contribution is 2.17. The van der Waals surface area contributed by atoms with Crippen molar-refractivity contribution < 1.29 is 4.74 Å². The lowest BCUT2D eigenvalue weighted by molar-refractivity contribution is -0.0209. The van der Waals surface area contributed by atoms with Crippen LogP contribution in [-0.2, 0) is 11.3 Å². The zero-order chi connectivity index (χ0) is 9.97. The Morgan fingerprint density at radius 1 is 1.79 bits per heavy atom. The van der Waals surface area contributed by atoms with Crippen LogP contribution in [0, 0.1) is 0 Å². The predicted molar refractivity (Wildman–Crippen MR) is 57.2 cm³/mol. The minimum atomic E-state index is 0.342. The summed E-state index contributed by atoms with van der Waals surface area (Å²) in [5, 5.41) is 0.654. The molecule has 1 aromatic rings. The largest absolute Gasteiger partial charge is 0.376 e. The van der Waals surface area contributed by atoms with Crippen LogP contribution in [0.15, 0.2) is 6.20 Å². The first-order valence-electron chi connectivity index (χ1n) is 4.78. The van der Waals surface area contributed by atoms with Crippen LogP contribution in [0.5, 0.6) is 0 Å². The Balaban J connectivity index is 1.90. The molecule has 0 amide bonds. The lowest BCUT2D eigenvalue weighted by atomic mass is 10.3. The van der Waals surface area contributed by atoms with Gasteiger partial charge >= 0.3 is 0 Å². The SMILES string of the molecule is CC1CN(Cc2cnc(N)s2)CCO1. The summed E-state index contributed by atoms with van der Waals surface area (Å²) in [4.78, 5) is 7.65. The van der Waals surface area contributed by atoms with E-state index in [9.17, 15) is 0 Å². The quantitative estimate of drug-likeness (QED) is 0.794. The fourth-order valence-electron chi connectivity index (χ4n) is 1.65. The smallest absolute Gasteiger partial charge is 0.180 e. The molecule has 0 spiro atoms. The van der Waals surface area contributed by atoms with Gasteiger partial charge in [0.2, 0.25) is 0 Å². The van der Waals surface area contributed by atoms with Crippen LogP contribution >= 0.6 is 11.3 Å². The van der Waals surface area contributed by atoms with E-state index in [1.165, 1.54) is 4.88 Å². The number of nitrogen functional groups attached to an aromatic ring is 1. The summed E-state index contributed by atoms with van der Waals surface area (Å²) in [6.07, 6.45) is 2.20. The van der Waals surface area contributed by atoms with Gasteiger partial charge in [-0.05, 0) is 6.92 Å². The monoisotopic (exact) mass is 213 g/mol. The van der Waals surface area contributed by atoms with Crippen molar-refractivity contribution in [3.63, 3.8) is 0 Å². The van der Waals surface area contributed by atoms with E-state index in [0.717, 1.165) is 26.2 Å². The summed E-state index contributed by atoms with van der Waals surface area (Å²) in [6, 6.07) is 0. The average Bonchev–Trinajstić information content (AvgIpc) is 2.51. The van der Waals surface area contributed by atoms with E-state index in [-0.39, 0.29) is 0 Å². The second-order valence-electron chi connectivity index (χ2n) is 3.58. The fraction of sp³-hybridized carbons (Fsp3) is 0.667. The first kappa shape index (κ1) is 9.89. The van der Waals surface area contributed by atoms with Gasteiger partial charge in [0.25, 0.3) is 0 Å². The maximum Gasteiger partial charge on any atom is 0.180 e. The van der Waals surface area contributed by atoms with Gasteiger partial charge in [0.05, 0.1) is 12.7 Å². The number of aromatic nitrogens is 1. The Morgan fingerprint density at radius 2 is 2.64 bits per heavy atom. The molecule has 2 heterocycles. The maximum atomic E-state index is 5.58. The van der Waals surface area contributed by atoms with Crippen molar-refractivity contribution in [1.29, 1.82) is 0 Å². The molecule has 0 aromatic carbocycles. The third kappa shape index (κ3) is 2.43. The molecule has 1 aliphatic heterocycles. The van der Waals surface area contributed by atoms with Gasteiger partial charge in [-0.2, -0.15) is 0 Å². The van der Waals surface area contributed by atoms with Crippen LogP contribution < -0.4 is 5.73 Å². The lowest BCUT2D eigenvalue weighted by Crippen LogP contribution is -2.40. The minimum Gasteiger partial charge on any atom is -0.376 e. The molecule has 1 aliphatic rings. The van der Waals surface area contributed by atoms with Crippen LogP contribution in [0.25, 0.3) is 0 Å². The first-order chi connectivity index (χ1) is 6.74. The molecule has 5 heteroatoms. The lowest BCUT2D eigenvalue weighted by Gasteiger charge is -2.30. The Kier molecular flexibility index (Phi) is 3.00. The molecule has 1 saturated heterocycles. The van der Waals surface area contributed by atoms with Crippen LogP contribution in [0.1, 0.15) is 11.8 Å².